The Hall–Kier alpha value is -2.81. The minimum absolute atomic E-state index is 0.0416. The number of nitrogens with one attached hydrogen (secondary N) is 1. The molecule has 8 nitrogen and oxygen atoms in total. The highest BCUT2D eigenvalue weighted by atomic mass is 19.1. The molecule has 0 fully saturated rings. The number of aryl methyl sites for hydroxylation is 2. The SMILES string of the molecule is COC(CNC(=O)CCc1nc(-c2ccc(C)c(F)c2)no1)C(=O)O. The van der Waals surface area contributed by atoms with Gasteiger partial charge in [0.15, 0.2) is 6.10 Å². The standard InChI is InChI=1S/C16H18FN3O5/c1-9-3-4-10(7-11(9)17)15-19-14(25-20-15)6-5-13(21)18-8-12(24-2)16(22)23/h3-4,7,12H,5-6,8H2,1-2H3,(H,18,21)(H,22,23). The molecule has 1 aromatic carbocycles. The summed E-state index contributed by atoms with van der Waals surface area (Å²) in [5, 5.41) is 15.0. The number of hydrogen-bond acceptors (Lipinski definition) is 6. The van der Waals surface area contributed by atoms with Crippen molar-refractivity contribution in [2.45, 2.75) is 25.9 Å². The maximum atomic E-state index is 13.6. The van der Waals surface area contributed by atoms with Gasteiger partial charge in [-0.25, -0.2) is 9.18 Å². The van der Waals surface area contributed by atoms with Crippen LogP contribution in [0.15, 0.2) is 22.7 Å². The third-order valence-electron chi connectivity index (χ3n) is 3.51. The number of amides is 1. The van der Waals surface area contributed by atoms with Gasteiger partial charge in [-0.1, -0.05) is 17.3 Å². The number of hydrogen-bond donors (Lipinski definition) is 2. The molecule has 25 heavy (non-hydrogen) atoms. The number of rotatable bonds is 8. The third kappa shape index (κ3) is 5.08. The number of carbonyl (C=O) groups excluding carboxylic acids is 1. The van der Waals surface area contributed by atoms with Crippen LogP contribution in [0.25, 0.3) is 11.4 Å². The summed E-state index contributed by atoms with van der Waals surface area (Å²) < 4.78 is 23.3. The Balaban J connectivity index is 1.87. The van der Waals surface area contributed by atoms with Crippen LogP contribution in [-0.2, 0) is 20.7 Å². The predicted octanol–water partition coefficient (Wildman–Crippen LogP) is 1.33. The molecule has 2 rings (SSSR count). The lowest BCUT2D eigenvalue weighted by Gasteiger charge is -2.10. The van der Waals surface area contributed by atoms with E-state index in [4.69, 9.17) is 14.4 Å². The van der Waals surface area contributed by atoms with Crippen molar-refractivity contribution in [1.29, 1.82) is 0 Å². The van der Waals surface area contributed by atoms with Crippen LogP contribution in [0.3, 0.4) is 0 Å². The van der Waals surface area contributed by atoms with Gasteiger partial charge in [0.05, 0.1) is 6.54 Å². The predicted molar refractivity (Wildman–Crippen MR) is 84.2 cm³/mol. The number of carbonyl (C=O) groups is 2. The molecular formula is C16H18FN3O5. The highest BCUT2D eigenvalue weighted by Gasteiger charge is 2.17. The molecule has 1 unspecified atom stereocenters. The largest absolute Gasteiger partial charge is 0.479 e. The molecule has 0 radical (unpaired) electrons. The number of methoxy groups -OCH3 is 1. The van der Waals surface area contributed by atoms with Gasteiger partial charge >= 0.3 is 5.97 Å². The van der Waals surface area contributed by atoms with Crippen LogP contribution in [0.2, 0.25) is 0 Å². The number of benzene rings is 1. The number of aromatic nitrogens is 2. The molecule has 1 amide bonds. The first-order chi connectivity index (χ1) is 11.9. The minimum atomic E-state index is -1.16. The summed E-state index contributed by atoms with van der Waals surface area (Å²) in [5.74, 6) is -1.43. The van der Waals surface area contributed by atoms with Crippen molar-refractivity contribution >= 4 is 11.9 Å². The van der Waals surface area contributed by atoms with Crippen molar-refractivity contribution in [3.05, 3.63) is 35.5 Å². The Labute approximate surface area is 143 Å². The summed E-state index contributed by atoms with van der Waals surface area (Å²) in [4.78, 5) is 26.6. The van der Waals surface area contributed by atoms with Gasteiger partial charge in [-0.3, -0.25) is 4.79 Å². The van der Waals surface area contributed by atoms with Gasteiger partial charge in [0.25, 0.3) is 0 Å². The van der Waals surface area contributed by atoms with E-state index >= 15 is 0 Å². The van der Waals surface area contributed by atoms with Gasteiger partial charge < -0.3 is 19.7 Å². The number of ether oxygens (including phenoxy) is 1. The molecule has 0 saturated carbocycles. The monoisotopic (exact) mass is 351 g/mol. The van der Waals surface area contributed by atoms with Gasteiger partial charge in [0.1, 0.15) is 5.82 Å². The molecule has 0 saturated heterocycles. The highest BCUT2D eigenvalue weighted by Crippen LogP contribution is 2.19. The molecule has 0 spiro atoms. The molecule has 134 valence electrons. The van der Waals surface area contributed by atoms with Crippen LogP contribution >= 0.6 is 0 Å². The smallest absolute Gasteiger partial charge is 0.334 e. The summed E-state index contributed by atoms with van der Waals surface area (Å²) >= 11 is 0. The molecule has 1 atom stereocenters. The average Bonchev–Trinajstić information content (AvgIpc) is 3.04. The summed E-state index contributed by atoms with van der Waals surface area (Å²) in [6, 6.07) is 4.60. The number of carboxylic acids is 1. The van der Waals surface area contributed by atoms with E-state index < -0.39 is 12.1 Å². The summed E-state index contributed by atoms with van der Waals surface area (Å²) in [7, 11) is 1.25. The van der Waals surface area contributed by atoms with Gasteiger partial charge in [-0.2, -0.15) is 4.98 Å². The van der Waals surface area contributed by atoms with E-state index in [9.17, 15) is 14.0 Å². The average molecular weight is 351 g/mol. The van der Waals surface area contributed by atoms with E-state index in [0.717, 1.165) is 0 Å². The lowest BCUT2D eigenvalue weighted by molar-refractivity contribution is -0.148. The fourth-order valence-corrected chi connectivity index (χ4v) is 1.99. The van der Waals surface area contributed by atoms with E-state index in [1.165, 1.54) is 13.2 Å². The number of halogens is 1. The van der Waals surface area contributed by atoms with Crippen molar-refractivity contribution in [3.63, 3.8) is 0 Å². The second kappa shape index (κ2) is 8.34. The first-order valence-corrected chi connectivity index (χ1v) is 7.52. The zero-order valence-electron chi connectivity index (χ0n) is 13.8. The molecule has 0 aliphatic rings. The topological polar surface area (TPSA) is 115 Å². The molecule has 0 bridgehead atoms. The van der Waals surface area contributed by atoms with Crippen LogP contribution in [-0.4, -0.2) is 46.9 Å². The molecule has 0 aliphatic carbocycles. The zero-order chi connectivity index (χ0) is 18.4. The van der Waals surface area contributed by atoms with E-state index in [1.807, 2.05) is 0 Å². The van der Waals surface area contributed by atoms with E-state index in [1.54, 1.807) is 19.1 Å². The Morgan fingerprint density at radius 3 is 2.84 bits per heavy atom. The second-order valence-electron chi connectivity index (χ2n) is 5.34. The van der Waals surface area contributed by atoms with Crippen LogP contribution in [0.1, 0.15) is 17.9 Å². The Kier molecular flexibility index (Phi) is 6.18. The molecule has 2 N–H and O–H groups in total. The van der Waals surface area contributed by atoms with E-state index in [2.05, 4.69) is 15.5 Å². The second-order valence-corrected chi connectivity index (χ2v) is 5.34. The van der Waals surface area contributed by atoms with Crippen molar-refractivity contribution in [2.24, 2.45) is 0 Å². The van der Waals surface area contributed by atoms with Gasteiger partial charge in [-0.15, -0.1) is 0 Å². The lowest BCUT2D eigenvalue weighted by Crippen LogP contribution is -2.37. The first-order valence-electron chi connectivity index (χ1n) is 7.52. The van der Waals surface area contributed by atoms with Gasteiger partial charge in [0.2, 0.25) is 17.6 Å². The lowest BCUT2D eigenvalue weighted by atomic mass is 10.1. The van der Waals surface area contributed by atoms with Crippen molar-refractivity contribution < 1.29 is 28.3 Å². The molecule has 1 aromatic heterocycles. The van der Waals surface area contributed by atoms with Crippen LogP contribution < -0.4 is 5.32 Å². The van der Waals surface area contributed by atoms with E-state index in [-0.39, 0.29) is 42.8 Å². The van der Waals surface area contributed by atoms with Gasteiger partial charge in [0, 0.05) is 25.5 Å². The maximum absolute atomic E-state index is 13.6. The molecule has 9 heteroatoms. The summed E-state index contributed by atoms with van der Waals surface area (Å²) in [6.45, 7) is 1.51. The molecular weight excluding hydrogens is 333 g/mol. The number of aliphatic carboxylic acids is 1. The third-order valence-corrected chi connectivity index (χ3v) is 3.51. The van der Waals surface area contributed by atoms with Crippen LogP contribution in [0, 0.1) is 12.7 Å². The zero-order valence-corrected chi connectivity index (χ0v) is 13.8. The van der Waals surface area contributed by atoms with Crippen molar-refractivity contribution in [1.82, 2.24) is 15.5 Å². The van der Waals surface area contributed by atoms with Crippen LogP contribution in [0.4, 0.5) is 4.39 Å². The molecule has 0 aliphatic heterocycles. The number of nitrogens with zero attached hydrogens (tertiary/aromatic N) is 2. The van der Waals surface area contributed by atoms with Crippen molar-refractivity contribution in [2.75, 3.05) is 13.7 Å². The molecule has 2 aromatic rings. The first kappa shape index (κ1) is 18.5. The maximum Gasteiger partial charge on any atom is 0.334 e. The fourth-order valence-electron chi connectivity index (χ4n) is 1.99. The summed E-state index contributed by atoms with van der Waals surface area (Å²) in [5.41, 5.74) is 0.992. The quantitative estimate of drug-likeness (QED) is 0.737. The normalized spacial score (nSPS) is 12.0. The Morgan fingerprint density at radius 1 is 1.44 bits per heavy atom. The van der Waals surface area contributed by atoms with Crippen molar-refractivity contribution in [3.8, 4) is 11.4 Å². The Morgan fingerprint density at radius 2 is 2.20 bits per heavy atom. The molecule has 1 heterocycles. The van der Waals surface area contributed by atoms with E-state index in [0.29, 0.717) is 11.1 Å². The fraction of sp³-hybridized carbons (Fsp3) is 0.375. The minimum Gasteiger partial charge on any atom is -0.479 e. The van der Waals surface area contributed by atoms with Gasteiger partial charge in [-0.05, 0) is 18.6 Å². The van der Waals surface area contributed by atoms with Crippen LogP contribution in [0.5, 0.6) is 0 Å². The summed E-state index contributed by atoms with van der Waals surface area (Å²) in [6.07, 6.45) is -0.881. The highest BCUT2D eigenvalue weighted by molar-refractivity contribution is 5.78. The Bertz CT molecular complexity index is 762. The number of carboxylic acid groups (broad SMARTS) is 1.